The molecule has 0 saturated heterocycles. The summed E-state index contributed by atoms with van der Waals surface area (Å²) in [5.74, 6) is -0.853. The van der Waals surface area contributed by atoms with E-state index in [-0.39, 0.29) is 21.4 Å². The van der Waals surface area contributed by atoms with E-state index in [0.29, 0.717) is 0 Å². The van der Waals surface area contributed by atoms with E-state index in [1.165, 1.54) is 0 Å². The monoisotopic (exact) mass is 331 g/mol. The summed E-state index contributed by atoms with van der Waals surface area (Å²) in [7, 11) is -4.21. The lowest BCUT2D eigenvalue weighted by molar-refractivity contribution is -0.384. The van der Waals surface area contributed by atoms with Gasteiger partial charge in [-0.3, -0.25) is 10.1 Å². The van der Waals surface area contributed by atoms with Gasteiger partial charge < -0.3 is 4.18 Å². The molecular formula is C12H7ClFNO5S. The van der Waals surface area contributed by atoms with E-state index in [0.717, 1.165) is 42.5 Å². The van der Waals surface area contributed by atoms with E-state index < -0.39 is 20.9 Å². The van der Waals surface area contributed by atoms with Gasteiger partial charge in [0.05, 0.1) is 9.95 Å². The molecule has 2 aromatic rings. The van der Waals surface area contributed by atoms with Gasteiger partial charge in [-0.05, 0) is 30.3 Å². The van der Waals surface area contributed by atoms with E-state index in [1.54, 1.807) is 0 Å². The van der Waals surface area contributed by atoms with Gasteiger partial charge in [0.2, 0.25) is 0 Å². The van der Waals surface area contributed by atoms with E-state index in [9.17, 15) is 22.9 Å². The normalized spacial score (nSPS) is 11.1. The molecule has 0 aliphatic rings. The summed E-state index contributed by atoms with van der Waals surface area (Å²) in [5, 5.41) is 10.3. The highest BCUT2D eigenvalue weighted by Gasteiger charge is 2.19. The number of nitro benzene ring substituents is 1. The Morgan fingerprint density at radius 2 is 1.76 bits per heavy atom. The largest absolute Gasteiger partial charge is 0.377 e. The van der Waals surface area contributed by atoms with Crippen LogP contribution in [0.2, 0.25) is 5.02 Å². The third-order valence-electron chi connectivity index (χ3n) is 2.43. The number of non-ortho nitro benzene ring substituents is 1. The average molecular weight is 332 g/mol. The molecule has 110 valence electrons. The zero-order valence-electron chi connectivity index (χ0n) is 10.2. The third-order valence-corrected chi connectivity index (χ3v) is 3.97. The molecule has 0 saturated carbocycles. The van der Waals surface area contributed by atoms with Crippen molar-refractivity contribution in [2.24, 2.45) is 0 Å². The van der Waals surface area contributed by atoms with Gasteiger partial charge in [-0.15, -0.1) is 0 Å². The molecule has 6 nitrogen and oxygen atoms in total. The van der Waals surface area contributed by atoms with Crippen molar-refractivity contribution in [2.45, 2.75) is 4.90 Å². The average Bonchev–Trinajstić information content (AvgIpc) is 2.41. The summed E-state index contributed by atoms with van der Waals surface area (Å²) >= 11 is 5.74. The second kappa shape index (κ2) is 5.66. The fraction of sp³-hybridized carbons (Fsp3) is 0. The van der Waals surface area contributed by atoms with Crippen LogP contribution in [0.5, 0.6) is 5.75 Å². The summed E-state index contributed by atoms with van der Waals surface area (Å²) in [6, 6.07) is 7.09. The molecule has 21 heavy (non-hydrogen) atoms. The van der Waals surface area contributed by atoms with Crippen LogP contribution in [0.1, 0.15) is 0 Å². The molecule has 0 aliphatic carbocycles. The number of hydrogen-bond acceptors (Lipinski definition) is 5. The van der Waals surface area contributed by atoms with Crippen molar-refractivity contribution in [1.29, 1.82) is 0 Å². The van der Waals surface area contributed by atoms with Gasteiger partial charge in [-0.1, -0.05) is 11.6 Å². The lowest BCUT2D eigenvalue weighted by atomic mass is 10.3. The molecule has 0 atom stereocenters. The van der Waals surface area contributed by atoms with Crippen molar-refractivity contribution in [3.63, 3.8) is 0 Å². The molecule has 0 bridgehead atoms. The molecule has 0 unspecified atom stereocenters. The van der Waals surface area contributed by atoms with Crippen LogP contribution in [0.3, 0.4) is 0 Å². The van der Waals surface area contributed by atoms with Crippen LogP contribution in [0.15, 0.2) is 47.4 Å². The van der Waals surface area contributed by atoms with Crippen LogP contribution >= 0.6 is 11.6 Å². The maximum absolute atomic E-state index is 12.8. The van der Waals surface area contributed by atoms with Gasteiger partial charge in [0.15, 0.2) is 5.75 Å². The smallest absolute Gasteiger partial charge is 0.339 e. The van der Waals surface area contributed by atoms with Gasteiger partial charge in [0.25, 0.3) is 5.69 Å². The Morgan fingerprint density at radius 3 is 2.29 bits per heavy atom. The number of rotatable bonds is 4. The molecule has 2 aromatic carbocycles. The first kappa shape index (κ1) is 15.2. The van der Waals surface area contributed by atoms with Crippen LogP contribution in [0.4, 0.5) is 10.1 Å². The number of hydrogen-bond donors (Lipinski definition) is 0. The summed E-state index contributed by atoms with van der Waals surface area (Å²) in [5.41, 5.74) is -0.300. The summed E-state index contributed by atoms with van der Waals surface area (Å²) in [4.78, 5) is 9.61. The molecule has 0 aromatic heterocycles. The topological polar surface area (TPSA) is 86.5 Å². The molecule has 2 rings (SSSR count). The maximum atomic E-state index is 12.8. The van der Waals surface area contributed by atoms with Gasteiger partial charge in [0, 0.05) is 12.1 Å². The lowest BCUT2D eigenvalue weighted by Gasteiger charge is -2.08. The Bertz CT molecular complexity index is 792. The minimum absolute atomic E-state index is 0.227. The first-order valence-electron chi connectivity index (χ1n) is 5.43. The van der Waals surface area contributed by atoms with Crippen LogP contribution in [0, 0.1) is 15.9 Å². The number of nitro groups is 1. The van der Waals surface area contributed by atoms with E-state index in [1.807, 2.05) is 0 Å². The van der Waals surface area contributed by atoms with Crippen molar-refractivity contribution in [3.05, 3.63) is 63.4 Å². The number of benzene rings is 2. The fourth-order valence-corrected chi connectivity index (χ4v) is 2.64. The molecule has 0 amide bonds. The van der Waals surface area contributed by atoms with Crippen LogP contribution < -0.4 is 4.18 Å². The fourth-order valence-electron chi connectivity index (χ4n) is 1.44. The third kappa shape index (κ3) is 3.47. The lowest BCUT2D eigenvalue weighted by Crippen LogP contribution is -2.10. The summed E-state index contributed by atoms with van der Waals surface area (Å²) in [6.07, 6.45) is 0. The Balaban J connectivity index is 2.32. The van der Waals surface area contributed by atoms with Crippen LogP contribution in [-0.2, 0) is 10.1 Å². The standard InChI is InChI=1S/C12H7ClFNO5S/c13-11-7-9(15(16)17)3-6-12(11)20-21(18,19)10-4-1-8(14)2-5-10/h1-7H. The number of halogens is 2. The highest BCUT2D eigenvalue weighted by Crippen LogP contribution is 2.30. The zero-order valence-corrected chi connectivity index (χ0v) is 11.8. The zero-order chi connectivity index (χ0) is 15.6. The van der Waals surface area contributed by atoms with Crippen molar-refractivity contribution < 1.29 is 21.9 Å². The molecular weight excluding hydrogens is 325 g/mol. The minimum Gasteiger partial charge on any atom is -0.377 e. The van der Waals surface area contributed by atoms with E-state index in [2.05, 4.69) is 0 Å². The predicted molar refractivity (Wildman–Crippen MR) is 72.3 cm³/mol. The van der Waals surface area contributed by atoms with Crippen LogP contribution in [0.25, 0.3) is 0 Å². The molecule has 0 heterocycles. The molecule has 0 fully saturated rings. The van der Waals surface area contributed by atoms with E-state index in [4.69, 9.17) is 15.8 Å². The molecule has 0 spiro atoms. The first-order valence-corrected chi connectivity index (χ1v) is 7.22. The van der Waals surface area contributed by atoms with Gasteiger partial charge >= 0.3 is 10.1 Å². The van der Waals surface area contributed by atoms with Crippen molar-refractivity contribution >= 4 is 27.4 Å². The van der Waals surface area contributed by atoms with E-state index >= 15 is 0 Å². The highest BCUT2D eigenvalue weighted by molar-refractivity contribution is 7.87. The SMILES string of the molecule is O=[N+]([O-])c1ccc(OS(=O)(=O)c2ccc(F)cc2)c(Cl)c1. The summed E-state index contributed by atoms with van der Waals surface area (Å²) < 4.78 is 41.4. The second-order valence-corrected chi connectivity index (χ2v) is 5.82. The van der Waals surface area contributed by atoms with Crippen LogP contribution in [-0.4, -0.2) is 13.3 Å². The van der Waals surface area contributed by atoms with Gasteiger partial charge in [-0.2, -0.15) is 8.42 Å². The first-order chi connectivity index (χ1) is 9.79. The Morgan fingerprint density at radius 1 is 1.14 bits per heavy atom. The Hall–Kier alpha value is -2.19. The summed E-state index contributed by atoms with van der Waals surface area (Å²) in [6.45, 7) is 0. The minimum atomic E-state index is -4.21. The quantitative estimate of drug-likeness (QED) is 0.488. The Labute approximate surface area is 124 Å². The number of nitrogens with zero attached hydrogens (tertiary/aromatic N) is 1. The molecule has 0 N–H and O–H groups in total. The second-order valence-electron chi connectivity index (χ2n) is 3.86. The van der Waals surface area contributed by atoms with Gasteiger partial charge in [-0.25, -0.2) is 4.39 Å². The van der Waals surface area contributed by atoms with Crippen molar-refractivity contribution in [3.8, 4) is 5.75 Å². The molecule has 9 heteroatoms. The van der Waals surface area contributed by atoms with Crippen molar-refractivity contribution in [2.75, 3.05) is 0 Å². The molecule has 0 aliphatic heterocycles. The molecule has 0 radical (unpaired) electrons. The Kier molecular flexibility index (Phi) is 4.10. The maximum Gasteiger partial charge on any atom is 0.339 e. The predicted octanol–water partition coefficient (Wildman–Crippen LogP) is 3.16. The highest BCUT2D eigenvalue weighted by atomic mass is 35.5. The van der Waals surface area contributed by atoms with Gasteiger partial charge in [0.1, 0.15) is 10.7 Å². The van der Waals surface area contributed by atoms with Crippen molar-refractivity contribution in [1.82, 2.24) is 0 Å².